The third-order valence-corrected chi connectivity index (χ3v) is 2.61. The third kappa shape index (κ3) is 2.55. The molecule has 0 saturated carbocycles. The number of hydrogen-bond donors (Lipinski definition) is 1. The van der Waals surface area contributed by atoms with E-state index in [1.165, 1.54) is 0 Å². The molecule has 1 aromatic heterocycles. The summed E-state index contributed by atoms with van der Waals surface area (Å²) in [5.41, 5.74) is 4.52. The van der Waals surface area contributed by atoms with Crippen LogP contribution < -0.4 is 5.32 Å². The van der Waals surface area contributed by atoms with Crippen LogP contribution in [-0.4, -0.2) is 4.98 Å². The number of hydrogen-bond acceptors (Lipinski definition) is 4. The average Bonchev–Trinajstić information content (AvgIpc) is 2.80. The molecule has 0 aliphatic carbocycles. The predicted molar refractivity (Wildman–Crippen MR) is 60.6 cm³/mol. The van der Waals surface area contributed by atoms with Gasteiger partial charge in [0.15, 0.2) is 0 Å². The Morgan fingerprint density at radius 1 is 1.33 bits per heavy atom. The number of benzene rings is 1. The zero-order valence-corrected chi connectivity index (χ0v) is 8.79. The van der Waals surface area contributed by atoms with Crippen LogP contribution in [0.15, 0.2) is 35.2 Å². The van der Waals surface area contributed by atoms with E-state index in [-0.39, 0.29) is 0 Å². The smallest absolute Gasteiger partial charge is 0.0991 e. The lowest BCUT2D eigenvalue weighted by atomic mass is 10.2. The van der Waals surface area contributed by atoms with Crippen molar-refractivity contribution in [2.75, 3.05) is 5.32 Å². The third-order valence-electron chi connectivity index (χ3n) is 1.97. The van der Waals surface area contributed by atoms with Crippen molar-refractivity contribution >= 4 is 17.0 Å². The molecular weight excluding hydrogens is 206 g/mol. The van der Waals surface area contributed by atoms with E-state index >= 15 is 0 Å². The van der Waals surface area contributed by atoms with Crippen molar-refractivity contribution in [1.82, 2.24) is 4.98 Å². The van der Waals surface area contributed by atoms with Gasteiger partial charge >= 0.3 is 0 Å². The van der Waals surface area contributed by atoms with E-state index in [4.69, 9.17) is 5.26 Å². The Hall–Kier alpha value is -1.86. The molecule has 1 N–H and O–H groups in total. The zero-order chi connectivity index (χ0) is 10.5. The van der Waals surface area contributed by atoms with Crippen LogP contribution in [0.4, 0.5) is 5.69 Å². The lowest BCUT2D eigenvalue weighted by molar-refractivity contribution is 1.07. The van der Waals surface area contributed by atoms with Crippen LogP contribution in [0.3, 0.4) is 0 Å². The van der Waals surface area contributed by atoms with Crippen LogP contribution >= 0.6 is 11.3 Å². The predicted octanol–water partition coefficient (Wildman–Crippen LogP) is 2.63. The molecule has 0 aliphatic rings. The van der Waals surface area contributed by atoms with Crippen molar-refractivity contribution in [2.45, 2.75) is 6.54 Å². The maximum absolute atomic E-state index is 8.63. The van der Waals surface area contributed by atoms with Gasteiger partial charge in [0.25, 0.3) is 0 Å². The summed E-state index contributed by atoms with van der Waals surface area (Å²) in [6.45, 7) is 0.718. The molecule has 0 saturated heterocycles. The highest BCUT2D eigenvalue weighted by atomic mass is 32.1. The Labute approximate surface area is 92.0 Å². The van der Waals surface area contributed by atoms with Crippen molar-refractivity contribution in [1.29, 1.82) is 5.26 Å². The highest BCUT2D eigenvalue weighted by Crippen LogP contribution is 2.10. The van der Waals surface area contributed by atoms with Crippen molar-refractivity contribution in [3.8, 4) is 6.07 Å². The molecule has 2 rings (SSSR count). The van der Waals surface area contributed by atoms with E-state index in [1.807, 2.05) is 23.0 Å². The van der Waals surface area contributed by atoms with Gasteiger partial charge in [0.1, 0.15) is 0 Å². The van der Waals surface area contributed by atoms with E-state index in [9.17, 15) is 0 Å². The topological polar surface area (TPSA) is 48.7 Å². The minimum Gasteiger partial charge on any atom is -0.379 e. The van der Waals surface area contributed by atoms with Crippen LogP contribution in [0.5, 0.6) is 0 Å². The Bertz CT molecular complexity index is 454. The van der Waals surface area contributed by atoms with Crippen LogP contribution in [0.1, 0.15) is 11.3 Å². The fourth-order valence-electron chi connectivity index (χ4n) is 1.18. The number of nitrogens with zero attached hydrogens (tertiary/aromatic N) is 2. The largest absolute Gasteiger partial charge is 0.379 e. The van der Waals surface area contributed by atoms with Crippen LogP contribution in [0.2, 0.25) is 0 Å². The molecular formula is C11H9N3S. The van der Waals surface area contributed by atoms with Crippen molar-refractivity contribution in [3.63, 3.8) is 0 Å². The van der Waals surface area contributed by atoms with Crippen LogP contribution in [-0.2, 0) is 6.54 Å². The van der Waals surface area contributed by atoms with E-state index in [2.05, 4.69) is 16.4 Å². The Balaban J connectivity index is 1.97. The summed E-state index contributed by atoms with van der Waals surface area (Å²) in [6.07, 6.45) is 0. The van der Waals surface area contributed by atoms with Gasteiger partial charge in [-0.05, 0) is 24.3 Å². The number of aromatic nitrogens is 1. The summed E-state index contributed by atoms with van der Waals surface area (Å²) in [4.78, 5) is 4.17. The maximum Gasteiger partial charge on any atom is 0.0991 e. The highest BCUT2D eigenvalue weighted by Gasteiger charge is 1.95. The summed E-state index contributed by atoms with van der Waals surface area (Å²) in [6, 6.07) is 9.46. The monoisotopic (exact) mass is 215 g/mol. The lowest BCUT2D eigenvalue weighted by Gasteiger charge is -2.03. The first-order chi connectivity index (χ1) is 7.38. The molecule has 0 unspecified atom stereocenters. The standard InChI is InChI=1S/C11H9N3S/c12-5-9-1-3-10(4-2-9)13-6-11-7-15-8-14-11/h1-4,7-8,13H,6H2. The number of nitriles is 1. The molecule has 1 heterocycles. The number of anilines is 1. The van der Waals surface area contributed by atoms with Gasteiger partial charge in [0.2, 0.25) is 0 Å². The van der Waals surface area contributed by atoms with Crippen molar-refractivity contribution in [3.05, 3.63) is 46.4 Å². The Morgan fingerprint density at radius 3 is 2.73 bits per heavy atom. The number of nitrogens with one attached hydrogen (secondary N) is 1. The summed E-state index contributed by atoms with van der Waals surface area (Å²) < 4.78 is 0. The molecule has 1 aromatic carbocycles. The SMILES string of the molecule is N#Cc1ccc(NCc2cscn2)cc1. The van der Waals surface area contributed by atoms with Gasteiger partial charge in [-0.1, -0.05) is 0 Å². The van der Waals surface area contributed by atoms with Gasteiger partial charge in [-0.2, -0.15) is 5.26 Å². The van der Waals surface area contributed by atoms with Gasteiger partial charge in [0.05, 0.1) is 29.4 Å². The van der Waals surface area contributed by atoms with Gasteiger partial charge in [-0.25, -0.2) is 4.98 Å². The second kappa shape index (κ2) is 4.58. The number of rotatable bonds is 3. The van der Waals surface area contributed by atoms with Gasteiger partial charge in [0, 0.05) is 11.1 Å². The molecule has 0 fully saturated rings. The molecule has 0 bridgehead atoms. The zero-order valence-electron chi connectivity index (χ0n) is 7.97. The molecule has 0 aliphatic heterocycles. The second-order valence-electron chi connectivity index (χ2n) is 3.02. The fraction of sp³-hybridized carbons (Fsp3) is 0.0909. The molecule has 15 heavy (non-hydrogen) atoms. The van der Waals surface area contributed by atoms with Crippen LogP contribution in [0.25, 0.3) is 0 Å². The molecule has 74 valence electrons. The molecule has 0 spiro atoms. The summed E-state index contributed by atoms with van der Waals surface area (Å²) >= 11 is 1.59. The van der Waals surface area contributed by atoms with Gasteiger partial charge in [-0.15, -0.1) is 11.3 Å². The van der Waals surface area contributed by atoms with E-state index < -0.39 is 0 Å². The van der Waals surface area contributed by atoms with Crippen molar-refractivity contribution in [2.24, 2.45) is 0 Å². The summed E-state index contributed by atoms with van der Waals surface area (Å²) in [5.74, 6) is 0. The normalized spacial score (nSPS) is 9.53. The second-order valence-corrected chi connectivity index (χ2v) is 3.74. The quantitative estimate of drug-likeness (QED) is 0.856. The minimum atomic E-state index is 0.675. The maximum atomic E-state index is 8.63. The van der Waals surface area contributed by atoms with Gasteiger partial charge in [-0.3, -0.25) is 0 Å². The van der Waals surface area contributed by atoms with E-state index in [1.54, 1.807) is 23.5 Å². The van der Waals surface area contributed by atoms with E-state index in [0.29, 0.717) is 5.56 Å². The Morgan fingerprint density at radius 2 is 2.13 bits per heavy atom. The fourth-order valence-corrected chi connectivity index (χ4v) is 1.74. The first-order valence-electron chi connectivity index (χ1n) is 4.49. The van der Waals surface area contributed by atoms with E-state index in [0.717, 1.165) is 17.9 Å². The average molecular weight is 215 g/mol. The summed E-state index contributed by atoms with van der Waals surface area (Å²) in [5, 5.41) is 13.9. The highest BCUT2D eigenvalue weighted by molar-refractivity contribution is 7.07. The minimum absolute atomic E-state index is 0.675. The first-order valence-corrected chi connectivity index (χ1v) is 5.44. The first kappa shape index (κ1) is 9.69. The summed E-state index contributed by atoms with van der Waals surface area (Å²) in [7, 11) is 0. The molecule has 0 amide bonds. The van der Waals surface area contributed by atoms with Gasteiger partial charge < -0.3 is 5.32 Å². The molecule has 0 radical (unpaired) electrons. The lowest BCUT2D eigenvalue weighted by Crippen LogP contribution is -1.99. The van der Waals surface area contributed by atoms with Crippen molar-refractivity contribution < 1.29 is 0 Å². The molecule has 2 aromatic rings. The number of thiazole rings is 1. The molecule has 3 nitrogen and oxygen atoms in total. The Kier molecular flexibility index (Phi) is 2.96. The molecule has 0 atom stereocenters. The molecule has 4 heteroatoms. The van der Waals surface area contributed by atoms with Crippen LogP contribution in [0, 0.1) is 11.3 Å².